The molecule has 0 saturated carbocycles. The van der Waals surface area contributed by atoms with Crippen LogP contribution in [-0.2, 0) is 27.3 Å². The first-order valence-electron chi connectivity index (χ1n) is 14.8. The molecule has 0 radical (unpaired) electrons. The summed E-state index contributed by atoms with van der Waals surface area (Å²) in [6, 6.07) is 11.3. The molecular formula is C33H45N5O5. The molecule has 0 spiro atoms. The van der Waals surface area contributed by atoms with Crippen LogP contribution in [0.2, 0.25) is 0 Å². The number of nitrogens with one attached hydrogen (secondary N) is 1. The quantitative estimate of drug-likeness (QED) is 0.233. The summed E-state index contributed by atoms with van der Waals surface area (Å²) in [5.41, 5.74) is 13.1. The number of primary amides is 2. The summed E-state index contributed by atoms with van der Waals surface area (Å²) in [5, 5.41) is 15.0. The third-order valence-electron chi connectivity index (χ3n) is 7.86. The molecule has 1 unspecified atom stereocenters. The minimum absolute atomic E-state index is 0.0137. The van der Waals surface area contributed by atoms with E-state index in [1.54, 1.807) is 18.2 Å². The topological polar surface area (TPSA) is 161 Å². The third-order valence-corrected chi connectivity index (χ3v) is 7.86. The van der Waals surface area contributed by atoms with Crippen LogP contribution in [0.5, 0.6) is 5.75 Å². The van der Waals surface area contributed by atoms with Gasteiger partial charge in [0, 0.05) is 55.1 Å². The third kappa shape index (κ3) is 8.52. The number of nitrogens with zero attached hydrogens (tertiary/aromatic N) is 2. The van der Waals surface area contributed by atoms with E-state index in [9.17, 15) is 19.5 Å². The number of benzene rings is 1. The second-order valence-corrected chi connectivity index (χ2v) is 11.2. The van der Waals surface area contributed by atoms with Gasteiger partial charge in [-0.2, -0.15) is 0 Å². The van der Waals surface area contributed by atoms with Gasteiger partial charge in [-0.25, -0.2) is 0 Å². The van der Waals surface area contributed by atoms with Crippen molar-refractivity contribution in [3.63, 3.8) is 0 Å². The molecule has 3 atom stereocenters. The maximum atomic E-state index is 13.8. The highest BCUT2D eigenvalue weighted by Crippen LogP contribution is 2.44. The minimum atomic E-state index is -1.59. The zero-order chi connectivity index (χ0) is 31.6. The van der Waals surface area contributed by atoms with E-state index < -0.39 is 29.3 Å². The number of aliphatic hydroxyl groups is 1. The van der Waals surface area contributed by atoms with Crippen molar-refractivity contribution < 1.29 is 24.2 Å². The number of nitrogens with two attached hydrogens (primary N) is 2. The summed E-state index contributed by atoms with van der Waals surface area (Å²) in [6.07, 6.45) is 5.10. The minimum Gasteiger partial charge on any atom is -0.497 e. The zero-order valence-corrected chi connectivity index (χ0v) is 25.6. The lowest BCUT2D eigenvalue weighted by atomic mass is 9.63. The molecule has 3 amide bonds. The number of carbonyl (C=O) groups is 3. The van der Waals surface area contributed by atoms with E-state index in [0.717, 1.165) is 24.0 Å². The van der Waals surface area contributed by atoms with E-state index in [2.05, 4.69) is 10.3 Å². The molecule has 1 aromatic carbocycles. The fourth-order valence-electron chi connectivity index (χ4n) is 5.64. The van der Waals surface area contributed by atoms with Crippen LogP contribution in [0.4, 0.5) is 0 Å². The highest BCUT2D eigenvalue weighted by molar-refractivity contribution is 6.03. The van der Waals surface area contributed by atoms with Gasteiger partial charge in [0.25, 0.3) is 0 Å². The van der Waals surface area contributed by atoms with Crippen molar-refractivity contribution in [3.8, 4) is 5.75 Å². The maximum Gasteiger partial charge on any atom is 0.249 e. The zero-order valence-electron chi connectivity index (χ0n) is 25.6. The smallest absolute Gasteiger partial charge is 0.249 e. The molecular weight excluding hydrogens is 546 g/mol. The second-order valence-electron chi connectivity index (χ2n) is 11.2. The van der Waals surface area contributed by atoms with Crippen LogP contribution in [0, 0.1) is 18.3 Å². The van der Waals surface area contributed by atoms with Crippen molar-refractivity contribution in [2.75, 3.05) is 26.7 Å². The van der Waals surface area contributed by atoms with Crippen molar-refractivity contribution in [2.24, 2.45) is 22.8 Å². The summed E-state index contributed by atoms with van der Waals surface area (Å²) in [6.45, 7) is 7.46. The largest absolute Gasteiger partial charge is 0.497 e. The van der Waals surface area contributed by atoms with E-state index in [4.69, 9.17) is 16.2 Å². The second kappa shape index (κ2) is 15.5. The fraction of sp³-hybridized carbons (Fsp3) is 0.455. The summed E-state index contributed by atoms with van der Waals surface area (Å²) in [5.74, 6) is -1.95. The Bertz CT molecular complexity index is 1330. The van der Waals surface area contributed by atoms with E-state index in [0.29, 0.717) is 31.1 Å². The summed E-state index contributed by atoms with van der Waals surface area (Å²) in [7, 11) is 1.60. The summed E-state index contributed by atoms with van der Waals surface area (Å²) in [4.78, 5) is 46.0. The van der Waals surface area contributed by atoms with Crippen LogP contribution in [0.3, 0.4) is 0 Å². The van der Waals surface area contributed by atoms with Crippen LogP contribution >= 0.6 is 0 Å². The summed E-state index contributed by atoms with van der Waals surface area (Å²) >= 11 is 0. The van der Waals surface area contributed by atoms with Gasteiger partial charge in [-0.05, 0) is 68.0 Å². The van der Waals surface area contributed by atoms with Gasteiger partial charge < -0.3 is 31.5 Å². The summed E-state index contributed by atoms with van der Waals surface area (Å²) < 4.78 is 5.30. The van der Waals surface area contributed by atoms with Gasteiger partial charge in [0.2, 0.25) is 17.7 Å². The van der Waals surface area contributed by atoms with Crippen LogP contribution in [0.25, 0.3) is 0 Å². The number of carbonyl (C=O) groups excluding carboxylic acids is 3. The molecule has 3 rings (SSSR count). The SMILES string of the molecule is CCCN(CCC)C(=O)C1=CC(C(N)=O)=CC(C(N)=O)([C@H](Cc2ccc(C)cn2)[C@@H](O)CNCc2cccc(OC)c2)C1. The number of aliphatic hydroxyl groups excluding tert-OH is 1. The number of rotatable bonds is 16. The van der Waals surface area contributed by atoms with Crippen molar-refractivity contribution in [1.29, 1.82) is 0 Å². The lowest BCUT2D eigenvalue weighted by Crippen LogP contribution is -2.52. The molecule has 1 heterocycles. The van der Waals surface area contributed by atoms with E-state index >= 15 is 0 Å². The van der Waals surface area contributed by atoms with Gasteiger partial charge in [0.1, 0.15) is 5.75 Å². The molecule has 10 heteroatoms. The Labute approximate surface area is 254 Å². The molecule has 0 fully saturated rings. The van der Waals surface area contributed by atoms with Crippen molar-refractivity contribution in [3.05, 3.63) is 82.7 Å². The van der Waals surface area contributed by atoms with Gasteiger partial charge in [-0.15, -0.1) is 0 Å². The van der Waals surface area contributed by atoms with Crippen LogP contribution in [-0.4, -0.2) is 65.6 Å². The van der Waals surface area contributed by atoms with Gasteiger partial charge in [0.15, 0.2) is 0 Å². The van der Waals surface area contributed by atoms with Crippen LogP contribution in [0.15, 0.2) is 65.9 Å². The Morgan fingerprint density at radius 1 is 1.14 bits per heavy atom. The first kappa shape index (κ1) is 33.5. The molecule has 0 saturated heterocycles. The number of methoxy groups -OCH3 is 1. The molecule has 10 nitrogen and oxygen atoms in total. The number of aromatic nitrogens is 1. The number of ether oxygens (including phenoxy) is 1. The normalized spacial score (nSPS) is 17.8. The average Bonchev–Trinajstić information content (AvgIpc) is 2.99. The van der Waals surface area contributed by atoms with Crippen molar-refractivity contribution in [2.45, 2.75) is 59.1 Å². The van der Waals surface area contributed by atoms with Gasteiger partial charge in [-0.3, -0.25) is 19.4 Å². The number of aryl methyl sites for hydroxylation is 1. The Morgan fingerprint density at radius 3 is 2.44 bits per heavy atom. The van der Waals surface area contributed by atoms with E-state index in [1.165, 1.54) is 12.2 Å². The molecule has 1 aliphatic carbocycles. The van der Waals surface area contributed by atoms with E-state index in [1.807, 2.05) is 57.2 Å². The van der Waals surface area contributed by atoms with Gasteiger partial charge in [0.05, 0.1) is 18.6 Å². The Kier molecular flexibility index (Phi) is 12.0. The molecule has 1 aromatic heterocycles. The average molecular weight is 592 g/mol. The molecule has 232 valence electrons. The van der Waals surface area contributed by atoms with Crippen molar-refractivity contribution in [1.82, 2.24) is 15.2 Å². The predicted octanol–water partition coefficient (Wildman–Crippen LogP) is 2.57. The lowest BCUT2D eigenvalue weighted by Gasteiger charge is -2.41. The Morgan fingerprint density at radius 2 is 1.86 bits per heavy atom. The number of hydrogen-bond acceptors (Lipinski definition) is 7. The first-order valence-corrected chi connectivity index (χ1v) is 14.8. The van der Waals surface area contributed by atoms with E-state index in [-0.39, 0.29) is 36.4 Å². The lowest BCUT2D eigenvalue weighted by molar-refractivity contribution is -0.132. The maximum absolute atomic E-state index is 13.8. The number of amides is 3. The Hall–Kier alpha value is -4.02. The first-order chi connectivity index (χ1) is 20.5. The number of pyridine rings is 1. The number of hydrogen-bond donors (Lipinski definition) is 4. The monoisotopic (exact) mass is 591 g/mol. The molecule has 1 aliphatic rings. The Balaban J connectivity index is 2.02. The molecule has 0 bridgehead atoms. The van der Waals surface area contributed by atoms with Gasteiger partial charge >= 0.3 is 0 Å². The highest BCUT2D eigenvalue weighted by Gasteiger charge is 2.49. The highest BCUT2D eigenvalue weighted by atomic mass is 16.5. The molecule has 43 heavy (non-hydrogen) atoms. The fourth-order valence-corrected chi connectivity index (χ4v) is 5.64. The van der Waals surface area contributed by atoms with Gasteiger partial charge in [-0.1, -0.05) is 38.1 Å². The van der Waals surface area contributed by atoms with Crippen molar-refractivity contribution >= 4 is 17.7 Å². The standard InChI is InChI=1S/C33H45N5O5/c1-5-12-38(13-6-2)31(41)25-15-24(30(34)40)17-33(18-25,32(35)42)28(16-26-11-10-22(3)19-37-26)29(39)21-36-20-23-8-7-9-27(14-23)43-4/h7-11,14-15,17,19,28-29,36,39H,5-6,12-13,16,18,20-21H2,1-4H3,(H2,34,40)(H2,35,42)/t28-,29+,33?/m1/s1. The molecule has 2 aromatic rings. The predicted molar refractivity (Wildman–Crippen MR) is 166 cm³/mol. The molecule has 0 aliphatic heterocycles. The molecule has 6 N–H and O–H groups in total. The van der Waals surface area contributed by atoms with Crippen LogP contribution in [0.1, 0.15) is 49.9 Å². The van der Waals surface area contributed by atoms with Crippen LogP contribution < -0.4 is 21.5 Å².